The Kier molecular flexibility index (Phi) is 3.51. The molecule has 19 heavy (non-hydrogen) atoms. The molecule has 0 atom stereocenters. The van der Waals surface area contributed by atoms with Gasteiger partial charge in [-0.3, -0.25) is 14.9 Å². The minimum absolute atomic E-state index is 0.0600. The van der Waals surface area contributed by atoms with Crippen LogP contribution in [0.4, 0.5) is 5.69 Å². The summed E-state index contributed by atoms with van der Waals surface area (Å²) in [5.74, 6) is 0.0292. The van der Waals surface area contributed by atoms with Crippen LogP contribution in [0.15, 0.2) is 42.5 Å². The second kappa shape index (κ2) is 5.26. The molecule has 0 bridgehead atoms. The molecule has 0 aliphatic rings. The third kappa shape index (κ3) is 2.74. The number of ketones is 1. The number of pyridine rings is 1. The van der Waals surface area contributed by atoms with Gasteiger partial charge < -0.3 is 4.74 Å². The number of aromatic nitrogens is 1. The minimum Gasteiger partial charge on any atom is -0.481 e. The lowest BCUT2D eigenvalue weighted by atomic mass is 10.1. The minimum atomic E-state index is -0.516. The maximum absolute atomic E-state index is 12.1. The van der Waals surface area contributed by atoms with Crippen molar-refractivity contribution in [1.82, 2.24) is 4.98 Å². The number of hydrogen-bond donors (Lipinski definition) is 0. The van der Waals surface area contributed by atoms with Gasteiger partial charge in [0, 0.05) is 23.8 Å². The van der Waals surface area contributed by atoms with Crippen molar-refractivity contribution in [2.45, 2.75) is 0 Å². The lowest BCUT2D eigenvalue weighted by molar-refractivity contribution is -0.384. The zero-order chi connectivity index (χ0) is 13.8. The number of nitro benzene ring substituents is 1. The normalized spacial score (nSPS) is 9.95. The number of methoxy groups -OCH3 is 1. The Morgan fingerprint density at radius 3 is 2.47 bits per heavy atom. The lowest BCUT2D eigenvalue weighted by Gasteiger charge is -2.02. The fourth-order valence-electron chi connectivity index (χ4n) is 1.54. The van der Waals surface area contributed by atoms with Crippen LogP contribution >= 0.6 is 0 Å². The second-order valence-electron chi connectivity index (χ2n) is 3.70. The van der Waals surface area contributed by atoms with Gasteiger partial charge in [0.2, 0.25) is 11.7 Å². The first-order valence-electron chi connectivity index (χ1n) is 5.42. The van der Waals surface area contributed by atoms with E-state index in [4.69, 9.17) is 4.74 Å². The van der Waals surface area contributed by atoms with Crippen molar-refractivity contribution in [1.29, 1.82) is 0 Å². The number of ether oxygens (including phenoxy) is 1. The maximum Gasteiger partial charge on any atom is 0.269 e. The van der Waals surface area contributed by atoms with E-state index in [1.54, 1.807) is 18.2 Å². The Bertz CT molecular complexity index is 623. The van der Waals surface area contributed by atoms with Crippen LogP contribution in [0.25, 0.3) is 0 Å². The monoisotopic (exact) mass is 258 g/mol. The van der Waals surface area contributed by atoms with Crippen LogP contribution in [0.1, 0.15) is 16.1 Å². The van der Waals surface area contributed by atoms with Gasteiger partial charge in [-0.15, -0.1) is 0 Å². The van der Waals surface area contributed by atoms with E-state index in [2.05, 4.69) is 4.98 Å². The van der Waals surface area contributed by atoms with Gasteiger partial charge in [-0.05, 0) is 18.2 Å². The third-order valence-corrected chi connectivity index (χ3v) is 2.51. The summed E-state index contributed by atoms with van der Waals surface area (Å²) in [6, 6.07) is 10.2. The molecule has 2 aromatic rings. The van der Waals surface area contributed by atoms with Crippen molar-refractivity contribution in [2.75, 3.05) is 7.11 Å². The first kappa shape index (κ1) is 12.7. The van der Waals surface area contributed by atoms with Crippen molar-refractivity contribution in [3.8, 4) is 5.88 Å². The Labute approximate surface area is 108 Å². The average Bonchev–Trinajstić information content (AvgIpc) is 2.46. The van der Waals surface area contributed by atoms with Gasteiger partial charge in [0.1, 0.15) is 5.69 Å². The Morgan fingerprint density at radius 2 is 1.89 bits per heavy atom. The van der Waals surface area contributed by atoms with Crippen molar-refractivity contribution >= 4 is 11.5 Å². The fourth-order valence-corrected chi connectivity index (χ4v) is 1.54. The highest BCUT2D eigenvalue weighted by molar-refractivity contribution is 6.07. The van der Waals surface area contributed by atoms with Crippen LogP contribution < -0.4 is 4.74 Å². The molecule has 96 valence electrons. The molecule has 0 fully saturated rings. The first-order chi connectivity index (χ1) is 9.11. The summed E-state index contributed by atoms with van der Waals surface area (Å²) in [5.41, 5.74) is 0.509. The molecule has 0 N–H and O–H groups in total. The van der Waals surface area contributed by atoms with E-state index >= 15 is 0 Å². The van der Waals surface area contributed by atoms with Crippen LogP contribution in [0.2, 0.25) is 0 Å². The number of carbonyl (C=O) groups is 1. The third-order valence-electron chi connectivity index (χ3n) is 2.51. The topological polar surface area (TPSA) is 82.3 Å². The molecule has 0 unspecified atom stereocenters. The molecule has 6 nitrogen and oxygen atoms in total. The molecule has 1 heterocycles. The largest absolute Gasteiger partial charge is 0.481 e. The predicted octanol–water partition coefficient (Wildman–Crippen LogP) is 2.23. The van der Waals surface area contributed by atoms with Crippen molar-refractivity contribution < 1.29 is 14.5 Å². The molecule has 2 rings (SSSR count). The summed E-state index contributed by atoms with van der Waals surface area (Å²) in [6.45, 7) is 0. The zero-order valence-electron chi connectivity index (χ0n) is 10.1. The van der Waals surface area contributed by atoms with E-state index in [0.29, 0.717) is 11.4 Å². The molecule has 0 saturated heterocycles. The predicted molar refractivity (Wildman–Crippen MR) is 67.3 cm³/mol. The summed E-state index contributed by atoms with van der Waals surface area (Å²) in [5, 5.41) is 10.5. The Morgan fingerprint density at radius 1 is 1.21 bits per heavy atom. The first-order valence-corrected chi connectivity index (χ1v) is 5.42. The van der Waals surface area contributed by atoms with E-state index < -0.39 is 4.92 Å². The molecular weight excluding hydrogens is 248 g/mol. The summed E-state index contributed by atoms with van der Waals surface area (Å²) >= 11 is 0. The molecule has 0 spiro atoms. The lowest BCUT2D eigenvalue weighted by Crippen LogP contribution is -2.04. The van der Waals surface area contributed by atoms with E-state index in [-0.39, 0.29) is 17.2 Å². The van der Waals surface area contributed by atoms with Crippen LogP contribution in [0.3, 0.4) is 0 Å². The smallest absolute Gasteiger partial charge is 0.269 e. The van der Waals surface area contributed by atoms with E-state index in [9.17, 15) is 14.9 Å². The summed E-state index contributed by atoms with van der Waals surface area (Å²) < 4.78 is 4.94. The highest BCUT2D eigenvalue weighted by Gasteiger charge is 2.13. The van der Waals surface area contributed by atoms with Crippen molar-refractivity contribution in [3.63, 3.8) is 0 Å². The number of hydrogen-bond acceptors (Lipinski definition) is 5. The van der Waals surface area contributed by atoms with E-state index in [1.807, 2.05) is 0 Å². The number of carbonyl (C=O) groups excluding carboxylic acids is 1. The quantitative estimate of drug-likeness (QED) is 0.477. The molecule has 1 aromatic carbocycles. The molecule has 1 aromatic heterocycles. The van der Waals surface area contributed by atoms with Gasteiger partial charge in [-0.2, -0.15) is 0 Å². The molecule has 0 aliphatic carbocycles. The number of nitrogens with zero attached hydrogens (tertiary/aromatic N) is 2. The van der Waals surface area contributed by atoms with Gasteiger partial charge in [-0.25, -0.2) is 4.98 Å². The van der Waals surface area contributed by atoms with Crippen LogP contribution in [-0.2, 0) is 0 Å². The maximum atomic E-state index is 12.1. The highest BCUT2D eigenvalue weighted by atomic mass is 16.6. The van der Waals surface area contributed by atoms with E-state index in [0.717, 1.165) is 0 Å². The number of benzene rings is 1. The summed E-state index contributed by atoms with van der Waals surface area (Å²) in [4.78, 5) is 26.1. The van der Waals surface area contributed by atoms with Crippen molar-refractivity contribution in [2.24, 2.45) is 0 Å². The number of non-ortho nitro benzene ring substituents is 1. The van der Waals surface area contributed by atoms with Crippen LogP contribution in [0, 0.1) is 10.1 Å². The van der Waals surface area contributed by atoms with Gasteiger partial charge in [-0.1, -0.05) is 6.07 Å². The fraction of sp³-hybridized carbons (Fsp3) is 0.0769. The SMILES string of the molecule is COc1cccc(C(=O)c2ccc([N+](=O)[O-])cc2)n1. The molecule has 0 amide bonds. The van der Waals surface area contributed by atoms with Gasteiger partial charge >= 0.3 is 0 Å². The van der Waals surface area contributed by atoms with Crippen LogP contribution in [-0.4, -0.2) is 22.8 Å². The molecule has 0 aliphatic heterocycles. The number of rotatable bonds is 4. The van der Waals surface area contributed by atoms with Gasteiger partial charge in [0.05, 0.1) is 12.0 Å². The molecule has 0 radical (unpaired) electrons. The van der Waals surface area contributed by atoms with E-state index in [1.165, 1.54) is 31.4 Å². The number of nitro groups is 1. The van der Waals surface area contributed by atoms with Gasteiger partial charge in [0.25, 0.3) is 5.69 Å². The highest BCUT2D eigenvalue weighted by Crippen LogP contribution is 2.15. The molecular formula is C13H10N2O4. The summed E-state index contributed by atoms with van der Waals surface area (Å²) in [7, 11) is 1.46. The average molecular weight is 258 g/mol. The van der Waals surface area contributed by atoms with Gasteiger partial charge in [0.15, 0.2) is 0 Å². The Hall–Kier alpha value is -2.76. The van der Waals surface area contributed by atoms with Crippen molar-refractivity contribution in [3.05, 3.63) is 63.8 Å². The second-order valence-corrected chi connectivity index (χ2v) is 3.70. The summed E-state index contributed by atoms with van der Waals surface area (Å²) in [6.07, 6.45) is 0. The molecule has 0 saturated carbocycles. The standard InChI is InChI=1S/C13H10N2O4/c1-19-12-4-2-3-11(14-12)13(16)9-5-7-10(8-6-9)15(17)18/h2-8H,1H3. The Balaban J connectivity index is 2.30. The molecule has 6 heteroatoms. The zero-order valence-corrected chi connectivity index (χ0v) is 10.1. The van der Waals surface area contributed by atoms with Crippen LogP contribution in [0.5, 0.6) is 5.88 Å².